The van der Waals surface area contributed by atoms with Gasteiger partial charge < -0.3 is 56.8 Å². The zero-order valence-electron chi connectivity index (χ0n) is 60.4. The van der Waals surface area contributed by atoms with Crippen LogP contribution in [0.2, 0.25) is 0 Å². The number of benzene rings is 7. The second kappa shape index (κ2) is 46.0. The standard InChI is InChI=1S/C29H28O5.C21H22O4.C14H16O5.C14H16O4.C3H6O3.4CH4/c1-17(2)27(30)33-16-32-20-8-11-22(19(4)14-20)28(31)34-21-9-12-24-23-10-7-18(3)13-25(23)29(5,6)26(24)15-21;1-14(2)20(22)24-12-11-17-6-8-18(9-7-17)21(23)25-19-10-5-15(3)13-16(19)4;1-9(2)13(15)19-8-18-11-5-6-12(10(3)7-11)14(16)17-4;1-10(2)13(15)18-9-8-11-4-6-12(7-5-11)14(16)17-3;1-5-3(4)6-2;;;;/h7-15H,1,16H2,2-6H3;5-10,13H,1,11-12H2,2-4H3;5-7H,1,8H2,2-4H3;4-7H,1,8-9H2,2-3H3;1-2H3;4*1H4. The number of aryl methyl sites for hydroxylation is 5. The molecule has 0 saturated carbocycles. The van der Waals surface area contributed by atoms with Crippen molar-refractivity contribution in [3.05, 3.63) is 260 Å². The third kappa shape index (κ3) is 29.5. The first kappa shape index (κ1) is 94.1. The fraction of sp³-hybridized carbons (Fsp3) is 0.306. The van der Waals surface area contributed by atoms with E-state index in [1.165, 1.54) is 50.7 Å². The van der Waals surface area contributed by atoms with Gasteiger partial charge in [0.15, 0.2) is 0 Å². The van der Waals surface area contributed by atoms with Crippen molar-refractivity contribution in [1.29, 1.82) is 0 Å². The van der Waals surface area contributed by atoms with Crippen molar-refractivity contribution in [3.63, 3.8) is 0 Å². The monoisotopic (exact) mass is 1460 g/mol. The van der Waals surface area contributed by atoms with Crippen molar-refractivity contribution in [2.24, 2.45) is 0 Å². The van der Waals surface area contributed by atoms with Crippen LogP contribution in [-0.4, -0.2) is 109 Å². The van der Waals surface area contributed by atoms with Crippen LogP contribution >= 0.6 is 0 Å². The third-order valence-electron chi connectivity index (χ3n) is 14.9. The summed E-state index contributed by atoms with van der Waals surface area (Å²) in [5, 5.41) is 0. The van der Waals surface area contributed by atoms with E-state index in [1.807, 2.05) is 56.3 Å². The maximum Gasteiger partial charge on any atom is 0.507 e. The Morgan fingerprint density at radius 2 is 0.745 bits per heavy atom. The molecule has 570 valence electrons. The Morgan fingerprint density at radius 3 is 1.14 bits per heavy atom. The van der Waals surface area contributed by atoms with Crippen molar-refractivity contribution < 1.29 is 100.0 Å². The van der Waals surface area contributed by atoms with Gasteiger partial charge in [-0.2, -0.15) is 0 Å². The van der Waals surface area contributed by atoms with E-state index in [9.17, 15) is 43.2 Å². The minimum Gasteiger partial charge on any atom is -0.465 e. The van der Waals surface area contributed by atoms with E-state index in [0.29, 0.717) is 92.6 Å². The minimum atomic E-state index is -0.657. The third-order valence-corrected chi connectivity index (χ3v) is 14.9. The predicted octanol–water partition coefficient (Wildman–Crippen LogP) is 17.8. The molecule has 0 spiro atoms. The Balaban J connectivity index is 0.00000137. The van der Waals surface area contributed by atoms with Crippen molar-refractivity contribution in [2.75, 3.05) is 55.2 Å². The normalized spacial score (nSPS) is 10.3. The highest BCUT2D eigenvalue weighted by Gasteiger charge is 2.36. The molecule has 21 nitrogen and oxygen atoms in total. The molecule has 0 bridgehead atoms. The Bertz CT molecular complexity index is 4210. The van der Waals surface area contributed by atoms with E-state index in [1.54, 1.807) is 120 Å². The molecule has 0 N–H and O–H groups in total. The maximum absolute atomic E-state index is 12.9. The maximum atomic E-state index is 12.9. The summed E-state index contributed by atoms with van der Waals surface area (Å²) >= 11 is 0. The van der Waals surface area contributed by atoms with E-state index in [2.05, 4.69) is 84.2 Å². The molecule has 0 radical (unpaired) electrons. The van der Waals surface area contributed by atoms with E-state index in [4.69, 9.17) is 37.9 Å². The molecular weight excluding hydrogens is 1360 g/mol. The summed E-state index contributed by atoms with van der Waals surface area (Å²) in [7, 11) is 5.17. The molecule has 0 aliphatic heterocycles. The van der Waals surface area contributed by atoms with Crippen molar-refractivity contribution in [3.8, 4) is 34.1 Å². The Hall–Kier alpha value is -11.9. The smallest absolute Gasteiger partial charge is 0.465 e. The van der Waals surface area contributed by atoms with Gasteiger partial charge in [-0.3, -0.25) is 0 Å². The molecule has 0 unspecified atom stereocenters. The molecule has 0 fully saturated rings. The van der Waals surface area contributed by atoms with E-state index >= 15 is 0 Å². The first-order chi connectivity index (χ1) is 48.2. The second-order valence-corrected chi connectivity index (χ2v) is 23.7. The quantitative estimate of drug-likeness (QED) is 0.0201. The van der Waals surface area contributed by atoms with E-state index in [0.717, 1.165) is 33.4 Å². The lowest BCUT2D eigenvalue weighted by Crippen LogP contribution is -2.16. The summed E-state index contributed by atoms with van der Waals surface area (Å²) in [4.78, 5) is 102. The van der Waals surface area contributed by atoms with Gasteiger partial charge in [-0.05, 0) is 191 Å². The number of carbonyl (C=O) groups excluding carboxylic acids is 9. The lowest BCUT2D eigenvalue weighted by Gasteiger charge is -2.22. The largest absolute Gasteiger partial charge is 0.507 e. The van der Waals surface area contributed by atoms with E-state index in [-0.39, 0.29) is 67.3 Å². The van der Waals surface area contributed by atoms with Gasteiger partial charge in [-0.25, -0.2) is 43.2 Å². The highest BCUT2D eigenvalue weighted by molar-refractivity contribution is 5.94. The van der Waals surface area contributed by atoms with Crippen LogP contribution in [0.15, 0.2) is 188 Å². The molecule has 0 saturated heterocycles. The highest BCUT2D eigenvalue weighted by Crippen LogP contribution is 2.50. The Labute approximate surface area is 625 Å². The molecular formula is C85H104O21. The Kier molecular flexibility index (Phi) is 40.8. The SMILES string of the molecule is C.C.C.C.C=C(C)C(=O)OCCc1ccc(C(=O)OC)cc1.C=C(C)C(=O)OCCc1ccc(C(=O)Oc2ccc(C)cc2C)cc1.C=C(C)C(=O)OCOc1ccc(C(=O)OC)c(C)c1.C=C(C)C(=O)OCOc1ccc(C(=O)Oc2ccc3c(c2)C(C)(C)c2cc(C)ccc2-3)c(C)c1.COC(=O)OC. The van der Waals surface area contributed by atoms with Crippen molar-refractivity contribution in [2.45, 2.75) is 124 Å². The summed E-state index contributed by atoms with van der Waals surface area (Å²) in [6.07, 6.45) is 0.515. The van der Waals surface area contributed by atoms with Gasteiger partial charge in [0.25, 0.3) is 0 Å². The fourth-order valence-corrected chi connectivity index (χ4v) is 9.28. The van der Waals surface area contributed by atoms with Crippen LogP contribution in [-0.2, 0) is 75.3 Å². The summed E-state index contributed by atoms with van der Waals surface area (Å²) in [5.74, 6) is -1.37. The summed E-state index contributed by atoms with van der Waals surface area (Å²) in [6.45, 7) is 34.4. The van der Waals surface area contributed by atoms with Crippen LogP contribution in [0.3, 0.4) is 0 Å². The number of methoxy groups -OCH3 is 4. The van der Waals surface area contributed by atoms with Gasteiger partial charge in [-0.1, -0.05) is 142 Å². The summed E-state index contributed by atoms with van der Waals surface area (Å²) in [6, 6.07) is 41.9. The molecule has 7 aromatic carbocycles. The lowest BCUT2D eigenvalue weighted by molar-refractivity contribution is -0.146. The molecule has 8 rings (SSSR count). The molecule has 106 heavy (non-hydrogen) atoms. The molecule has 1 aliphatic rings. The van der Waals surface area contributed by atoms with Crippen LogP contribution in [0.4, 0.5) is 4.79 Å². The second-order valence-electron chi connectivity index (χ2n) is 23.7. The topological polar surface area (TPSA) is 264 Å². The van der Waals surface area contributed by atoms with Crippen LogP contribution < -0.4 is 18.9 Å². The molecule has 0 atom stereocenters. The van der Waals surface area contributed by atoms with Crippen molar-refractivity contribution >= 4 is 53.9 Å². The van der Waals surface area contributed by atoms with Gasteiger partial charge in [0, 0.05) is 40.5 Å². The number of fused-ring (bicyclic) bond motifs is 3. The van der Waals surface area contributed by atoms with Gasteiger partial charge in [-0.15, -0.1) is 0 Å². The molecule has 21 heteroatoms. The van der Waals surface area contributed by atoms with Crippen molar-refractivity contribution in [1.82, 2.24) is 0 Å². The molecule has 1 aliphatic carbocycles. The van der Waals surface area contributed by atoms with Gasteiger partial charge in [0.2, 0.25) is 13.6 Å². The first-order valence-corrected chi connectivity index (χ1v) is 31.8. The zero-order valence-corrected chi connectivity index (χ0v) is 60.4. The molecule has 0 heterocycles. The van der Waals surface area contributed by atoms with Crippen LogP contribution in [0.5, 0.6) is 23.0 Å². The summed E-state index contributed by atoms with van der Waals surface area (Å²) in [5.41, 5.74) is 14.5. The molecule has 0 amide bonds. The van der Waals surface area contributed by atoms with Crippen LogP contribution in [0.1, 0.15) is 163 Å². The zero-order chi connectivity index (χ0) is 76.0. The fourth-order valence-electron chi connectivity index (χ4n) is 9.28. The van der Waals surface area contributed by atoms with Gasteiger partial charge in [0.1, 0.15) is 23.0 Å². The number of carbonyl (C=O) groups is 9. The summed E-state index contributed by atoms with van der Waals surface area (Å²) < 4.78 is 58.9. The van der Waals surface area contributed by atoms with Crippen LogP contribution in [0.25, 0.3) is 11.1 Å². The van der Waals surface area contributed by atoms with E-state index < -0.39 is 42.0 Å². The average Bonchev–Trinajstić information content (AvgIpc) is 1.58. The number of rotatable bonds is 22. The number of ether oxygens (including phenoxy) is 12. The minimum absolute atomic E-state index is 0. The number of hydrogen-bond acceptors (Lipinski definition) is 21. The highest BCUT2D eigenvalue weighted by atomic mass is 16.7. The predicted molar refractivity (Wildman–Crippen MR) is 411 cm³/mol. The average molecular weight is 1460 g/mol. The Morgan fingerprint density at radius 1 is 0.368 bits per heavy atom. The molecule has 7 aromatic rings. The van der Waals surface area contributed by atoms with Crippen LogP contribution in [0, 0.1) is 34.6 Å². The van der Waals surface area contributed by atoms with Gasteiger partial charge in [0.05, 0.1) is 63.9 Å². The number of esters is 8. The number of hydrogen-bond donors (Lipinski definition) is 0. The lowest BCUT2D eigenvalue weighted by atomic mass is 9.82. The first-order valence-electron chi connectivity index (χ1n) is 31.8. The molecule has 0 aromatic heterocycles. The van der Waals surface area contributed by atoms with Gasteiger partial charge >= 0.3 is 53.9 Å².